The van der Waals surface area contributed by atoms with Crippen molar-refractivity contribution in [3.63, 3.8) is 0 Å². The van der Waals surface area contributed by atoms with Crippen molar-refractivity contribution in [2.75, 3.05) is 14.2 Å². The SMILES string of the molecule is COC(Cc1ccc2ccccc2n1)OC. The third-order valence-corrected chi connectivity index (χ3v) is 2.56. The first-order chi connectivity index (χ1) is 7.83. The number of fused-ring (bicyclic) bond motifs is 1. The smallest absolute Gasteiger partial charge is 0.162 e. The third kappa shape index (κ3) is 2.38. The van der Waals surface area contributed by atoms with Crippen LogP contribution < -0.4 is 0 Å². The number of pyridine rings is 1. The van der Waals surface area contributed by atoms with Gasteiger partial charge in [-0.25, -0.2) is 0 Å². The maximum Gasteiger partial charge on any atom is 0.162 e. The van der Waals surface area contributed by atoms with Crippen LogP contribution in [-0.2, 0) is 15.9 Å². The van der Waals surface area contributed by atoms with Crippen molar-refractivity contribution in [1.82, 2.24) is 4.98 Å². The third-order valence-electron chi connectivity index (χ3n) is 2.56. The lowest BCUT2D eigenvalue weighted by atomic mass is 10.2. The normalized spacial score (nSPS) is 11.2. The highest BCUT2D eigenvalue weighted by Crippen LogP contribution is 2.13. The van der Waals surface area contributed by atoms with Gasteiger partial charge in [0.1, 0.15) is 0 Å². The quantitative estimate of drug-likeness (QED) is 0.737. The average Bonchev–Trinajstić information content (AvgIpc) is 2.35. The summed E-state index contributed by atoms with van der Waals surface area (Å²) < 4.78 is 10.3. The molecule has 0 aliphatic heterocycles. The molecule has 0 bridgehead atoms. The van der Waals surface area contributed by atoms with Crippen LogP contribution in [0.1, 0.15) is 5.69 Å². The maximum atomic E-state index is 5.15. The molecule has 0 N–H and O–H groups in total. The number of rotatable bonds is 4. The van der Waals surface area contributed by atoms with E-state index in [4.69, 9.17) is 9.47 Å². The summed E-state index contributed by atoms with van der Waals surface area (Å²) in [6.07, 6.45) is 0.436. The van der Waals surface area contributed by atoms with E-state index in [2.05, 4.69) is 17.1 Å². The first-order valence-corrected chi connectivity index (χ1v) is 5.23. The fourth-order valence-electron chi connectivity index (χ4n) is 1.66. The summed E-state index contributed by atoms with van der Waals surface area (Å²) in [6, 6.07) is 12.1. The molecule has 3 heteroatoms. The molecule has 0 fully saturated rings. The predicted octanol–water partition coefficient (Wildman–Crippen LogP) is 2.40. The van der Waals surface area contributed by atoms with Gasteiger partial charge in [0, 0.05) is 31.7 Å². The van der Waals surface area contributed by atoms with E-state index in [1.54, 1.807) is 14.2 Å². The summed E-state index contributed by atoms with van der Waals surface area (Å²) in [6.45, 7) is 0. The lowest BCUT2D eigenvalue weighted by Crippen LogP contribution is -2.16. The number of nitrogens with zero attached hydrogens (tertiary/aromatic N) is 1. The van der Waals surface area contributed by atoms with Crippen LogP contribution in [0.4, 0.5) is 0 Å². The van der Waals surface area contributed by atoms with Crippen molar-refractivity contribution in [2.45, 2.75) is 12.7 Å². The maximum absolute atomic E-state index is 5.15. The molecule has 0 unspecified atom stereocenters. The molecule has 16 heavy (non-hydrogen) atoms. The van der Waals surface area contributed by atoms with Gasteiger partial charge in [-0.15, -0.1) is 0 Å². The Labute approximate surface area is 95.0 Å². The van der Waals surface area contributed by atoms with E-state index < -0.39 is 0 Å². The molecule has 0 spiro atoms. The van der Waals surface area contributed by atoms with Crippen LogP contribution >= 0.6 is 0 Å². The number of ether oxygens (including phenoxy) is 2. The van der Waals surface area contributed by atoms with E-state index in [0.29, 0.717) is 6.42 Å². The van der Waals surface area contributed by atoms with Crippen molar-refractivity contribution in [3.05, 3.63) is 42.1 Å². The first-order valence-electron chi connectivity index (χ1n) is 5.23. The zero-order valence-electron chi connectivity index (χ0n) is 9.51. The number of para-hydroxylation sites is 1. The minimum absolute atomic E-state index is 0.228. The van der Waals surface area contributed by atoms with Gasteiger partial charge in [-0.2, -0.15) is 0 Å². The summed E-state index contributed by atoms with van der Waals surface area (Å²) in [7, 11) is 3.27. The highest BCUT2D eigenvalue weighted by Gasteiger charge is 2.07. The monoisotopic (exact) mass is 217 g/mol. The van der Waals surface area contributed by atoms with Gasteiger partial charge in [-0.1, -0.05) is 24.3 Å². The Hall–Kier alpha value is -1.45. The summed E-state index contributed by atoms with van der Waals surface area (Å²) in [5.41, 5.74) is 1.98. The molecule has 1 heterocycles. The van der Waals surface area contributed by atoms with E-state index >= 15 is 0 Å². The molecule has 84 valence electrons. The Morgan fingerprint density at radius 1 is 1.06 bits per heavy atom. The summed E-state index contributed by atoms with van der Waals surface area (Å²) in [4.78, 5) is 4.55. The summed E-state index contributed by atoms with van der Waals surface area (Å²) >= 11 is 0. The highest BCUT2D eigenvalue weighted by atomic mass is 16.7. The molecule has 0 atom stereocenters. The van der Waals surface area contributed by atoms with Crippen molar-refractivity contribution in [2.24, 2.45) is 0 Å². The van der Waals surface area contributed by atoms with Gasteiger partial charge in [0.15, 0.2) is 6.29 Å². The van der Waals surface area contributed by atoms with Crippen molar-refractivity contribution >= 4 is 10.9 Å². The second kappa shape index (κ2) is 5.05. The van der Waals surface area contributed by atoms with Gasteiger partial charge in [0.2, 0.25) is 0 Å². The Bertz CT molecular complexity index is 466. The molecule has 0 saturated heterocycles. The zero-order chi connectivity index (χ0) is 11.4. The molecular formula is C13H15NO2. The number of aromatic nitrogens is 1. The van der Waals surface area contributed by atoms with Crippen LogP contribution in [0.2, 0.25) is 0 Å². The fraction of sp³-hybridized carbons (Fsp3) is 0.308. The molecule has 0 aliphatic rings. The molecule has 1 aromatic heterocycles. The molecular weight excluding hydrogens is 202 g/mol. The average molecular weight is 217 g/mol. The fourth-order valence-corrected chi connectivity index (χ4v) is 1.66. The van der Waals surface area contributed by atoms with E-state index in [1.165, 1.54) is 0 Å². The van der Waals surface area contributed by atoms with Gasteiger partial charge < -0.3 is 9.47 Å². The van der Waals surface area contributed by atoms with Crippen LogP contribution in [0.15, 0.2) is 36.4 Å². The molecule has 0 aliphatic carbocycles. The second-order valence-electron chi connectivity index (χ2n) is 3.60. The number of hydrogen-bond donors (Lipinski definition) is 0. The van der Waals surface area contributed by atoms with Crippen molar-refractivity contribution in [1.29, 1.82) is 0 Å². The van der Waals surface area contributed by atoms with Crippen LogP contribution in [0, 0.1) is 0 Å². The van der Waals surface area contributed by atoms with E-state index in [0.717, 1.165) is 16.6 Å². The van der Waals surface area contributed by atoms with E-state index in [9.17, 15) is 0 Å². The molecule has 1 aromatic carbocycles. The van der Waals surface area contributed by atoms with Crippen molar-refractivity contribution < 1.29 is 9.47 Å². The van der Waals surface area contributed by atoms with Gasteiger partial charge in [-0.05, 0) is 12.1 Å². The Morgan fingerprint density at radius 3 is 2.56 bits per heavy atom. The standard InChI is InChI=1S/C13H15NO2/c1-15-13(16-2)9-11-8-7-10-5-3-4-6-12(10)14-11/h3-8,13H,9H2,1-2H3. The Morgan fingerprint density at radius 2 is 1.81 bits per heavy atom. The second-order valence-corrected chi connectivity index (χ2v) is 3.60. The zero-order valence-corrected chi connectivity index (χ0v) is 9.51. The Balaban J connectivity index is 2.25. The van der Waals surface area contributed by atoms with Crippen LogP contribution in [0.5, 0.6) is 0 Å². The molecule has 3 nitrogen and oxygen atoms in total. The van der Waals surface area contributed by atoms with Gasteiger partial charge in [0.25, 0.3) is 0 Å². The number of methoxy groups -OCH3 is 2. The largest absolute Gasteiger partial charge is 0.356 e. The first kappa shape index (κ1) is 11.0. The summed E-state index contributed by atoms with van der Waals surface area (Å²) in [5, 5.41) is 1.15. The molecule has 0 amide bonds. The molecule has 2 aromatic rings. The van der Waals surface area contributed by atoms with Gasteiger partial charge in [0.05, 0.1) is 5.52 Å². The minimum atomic E-state index is -0.228. The number of hydrogen-bond acceptors (Lipinski definition) is 3. The highest BCUT2D eigenvalue weighted by molar-refractivity contribution is 5.78. The van der Waals surface area contributed by atoms with E-state index in [-0.39, 0.29) is 6.29 Å². The minimum Gasteiger partial charge on any atom is -0.356 e. The van der Waals surface area contributed by atoms with Gasteiger partial charge >= 0.3 is 0 Å². The van der Waals surface area contributed by atoms with Gasteiger partial charge in [-0.3, -0.25) is 4.98 Å². The van der Waals surface area contributed by atoms with Crippen molar-refractivity contribution in [3.8, 4) is 0 Å². The predicted molar refractivity (Wildman–Crippen MR) is 63.3 cm³/mol. The number of benzene rings is 1. The molecule has 0 radical (unpaired) electrons. The molecule has 0 saturated carbocycles. The topological polar surface area (TPSA) is 31.4 Å². The Kier molecular flexibility index (Phi) is 3.49. The summed E-state index contributed by atoms with van der Waals surface area (Å²) in [5.74, 6) is 0. The lowest BCUT2D eigenvalue weighted by Gasteiger charge is -2.12. The van der Waals surface area contributed by atoms with Crippen LogP contribution in [0.3, 0.4) is 0 Å². The lowest BCUT2D eigenvalue weighted by molar-refractivity contribution is -0.101. The van der Waals surface area contributed by atoms with Crippen LogP contribution in [0.25, 0.3) is 10.9 Å². The van der Waals surface area contributed by atoms with E-state index in [1.807, 2.05) is 24.3 Å². The van der Waals surface area contributed by atoms with Crippen LogP contribution in [-0.4, -0.2) is 25.5 Å². The molecule has 2 rings (SSSR count).